The summed E-state index contributed by atoms with van der Waals surface area (Å²) in [6, 6.07) is 0. The third kappa shape index (κ3) is 1.07. The van der Waals surface area contributed by atoms with Crippen LogP contribution in [0.4, 0.5) is 0 Å². The summed E-state index contributed by atoms with van der Waals surface area (Å²) in [6.45, 7) is 3.44. The van der Waals surface area contributed by atoms with E-state index >= 15 is 0 Å². The minimum Gasteiger partial charge on any atom is -0.364 e. The lowest BCUT2D eigenvalue weighted by Gasteiger charge is -1.88. The van der Waals surface area contributed by atoms with Gasteiger partial charge >= 0.3 is 0 Å². The van der Waals surface area contributed by atoms with Crippen LogP contribution in [-0.4, -0.2) is 10.9 Å². The van der Waals surface area contributed by atoms with Crippen LogP contribution in [0.3, 0.4) is 0 Å². The molecule has 0 atom stereocenters. The summed E-state index contributed by atoms with van der Waals surface area (Å²) in [5, 5.41) is 3.66. The maximum Gasteiger partial charge on any atom is 0.164 e. The van der Waals surface area contributed by atoms with E-state index in [1.54, 1.807) is 0 Å². The summed E-state index contributed by atoms with van der Waals surface area (Å²) in [6.07, 6.45) is 2.13. The van der Waals surface area contributed by atoms with Crippen LogP contribution in [0, 0.1) is 0 Å². The van der Waals surface area contributed by atoms with Crippen molar-refractivity contribution >= 4 is 5.78 Å². The fourth-order valence-electron chi connectivity index (χ4n) is 0.801. The highest BCUT2D eigenvalue weighted by Crippen LogP contribution is 2.07. The van der Waals surface area contributed by atoms with Gasteiger partial charge in [0.05, 0.1) is 11.3 Å². The molecule has 0 aliphatic carbocycles. The molecule has 0 spiro atoms. The van der Waals surface area contributed by atoms with Crippen molar-refractivity contribution in [3.63, 3.8) is 0 Å². The molecular weight excluding hydrogens is 130 g/mol. The number of rotatable bonds is 2. The fourth-order valence-corrected chi connectivity index (χ4v) is 0.801. The number of carbonyl (C=O) groups is 1. The van der Waals surface area contributed by atoms with Crippen LogP contribution in [0.25, 0.3) is 0 Å². The van der Waals surface area contributed by atoms with Crippen molar-refractivity contribution in [3.05, 3.63) is 17.5 Å². The number of hydrogen-bond acceptors (Lipinski definition) is 3. The van der Waals surface area contributed by atoms with Gasteiger partial charge in [0.2, 0.25) is 0 Å². The Balaban J connectivity index is 3.01. The molecule has 3 nitrogen and oxygen atoms in total. The molecule has 0 radical (unpaired) electrons. The van der Waals surface area contributed by atoms with Crippen molar-refractivity contribution in [2.45, 2.75) is 20.3 Å². The third-order valence-corrected chi connectivity index (χ3v) is 1.36. The molecule has 0 amide bonds. The number of hydrogen-bond donors (Lipinski definition) is 0. The molecule has 3 heteroatoms. The van der Waals surface area contributed by atoms with Gasteiger partial charge in [-0.1, -0.05) is 12.1 Å². The largest absolute Gasteiger partial charge is 0.364 e. The minimum absolute atomic E-state index is 0.0121. The van der Waals surface area contributed by atoms with Gasteiger partial charge < -0.3 is 4.52 Å². The molecule has 0 fully saturated rings. The van der Waals surface area contributed by atoms with E-state index in [4.69, 9.17) is 0 Å². The first kappa shape index (κ1) is 6.99. The second kappa shape index (κ2) is 2.64. The first-order valence-electron chi connectivity index (χ1n) is 3.20. The Bertz CT molecular complexity index is 240. The Kier molecular flexibility index (Phi) is 1.85. The van der Waals surface area contributed by atoms with E-state index in [9.17, 15) is 4.79 Å². The van der Waals surface area contributed by atoms with E-state index in [1.807, 2.05) is 6.92 Å². The molecular formula is C7H9NO2. The van der Waals surface area contributed by atoms with Crippen molar-refractivity contribution < 1.29 is 9.32 Å². The molecule has 1 rings (SSSR count). The van der Waals surface area contributed by atoms with E-state index in [2.05, 4.69) is 9.68 Å². The van der Waals surface area contributed by atoms with E-state index < -0.39 is 0 Å². The molecule has 0 aliphatic rings. The minimum atomic E-state index is 0.0121. The Morgan fingerprint density at radius 2 is 2.50 bits per heavy atom. The monoisotopic (exact) mass is 139 g/mol. The number of Topliss-reactive ketones (excluding diaryl/α,β-unsaturated/α-hetero) is 1. The highest BCUT2D eigenvalue weighted by molar-refractivity contribution is 5.94. The van der Waals surface area contributed by atoms with Crippen molar-refractivity contribution in [1.29, 1.82) is 0 Å². The fraction of sp³-hybridized carbons (Fsp3) is 0.429. The van der Waals surface area contributed by atoms with Gasteiger partial charge in [0.1, 0.15) is 6.26 Å². The first-order chi connectivity index (χ1) is 4.75. The topological polar surface area (TPSA) is 43.1 Å². The predicted molar refractivity (Wildman–Crippen MR) is 35.9 cm³/mol. The van der Waals surface area contributed by atoms with Gasteiger partial charge in [0.25, 0.3) is 0 Å². The predicted octanol–water partition coefficient (Wildman–Crippen LogP) is 1.44. The van der Waals surface area contributed by atoms with Gasteiger partial charge in [-0.25, -0.2) is 0 Å². The Hall–Kier alpha value is -1.12. The first-order valence-corrected chi connectivity index (χ1v) is 3.20. The summed E-state index contributed by atoms with van der Waals surface area (Å²) in [5.41, 5.74) is 1.34. The molecule has 54 valence electrons. The van der Waals surface area contributed by atoms with Crippen LogP contribution in [-0.2, 0) is 6.42 Å². The van der Waals surface area contributed by atoms with Gasteiger partial charge in [0.15, 0.2) is 5.78 Å². The summed E-state index contributed by atoms with van der Waals surface area (Å²) in [7, 11) is 0. The van der Waals surface area contributed by atoms with Crippen LogP contribution >= 0.6 is 0 Å². The zero-order valence-electron chi connectivity index (χ0n) is 6.05. The third-order valence-electron chi connectivity index (χ3n) is 1.36. The average Bonchev–Trinajstić information content (AvgIpc) is 2.33. The molecule has 1 aromatic rings. The van der Waals surface area contributed by atoms with Crippen molar-refractivity contribution in [1.82, 2.24) is 5.16 Å². The van der Waals surface area contributed by atoms with Gasteiger partial charge in [-0.2, -0.15) is 0 Å². The van der Waals surface area contributed by atoms with E-state index in [0.29, 0.717) is 5.56 Å². The maximum absolute atomic E-state index is 10.8. The number of carbonyl (C=O) groups excluding carboxylic acids is 1. The summed E-state index contributed by atoms with van der Waals surface area (Å²) in [5.74, 6) is 0.0121. The molecule has 0 saturated heterocycles. The molecule has 0 unspecified atom stereocenters. The lowest BCUT2D eigenvalue weighted by Crippen LogP contribution is -1.94. The van der Waals surface area contributed by atoms with Crippen LogP contribution < -0.4 is 0 Å². The lowest BCUT2D eigenvalue weighted by molar-refractivity contribution is 0.101. The molecule has 10 heavy (non-hydrogen) atoms. The average molecular weight is 139 g/mol. The maximum atomic E-state index is 10.8. The standard InChI is InChI=1S/C7H9NO2/c1-3-7-6(5(2)9)4-10-8-7/h4H,3H2,1-2H3. The zero-order chi connectivity index (χ0) is 7.56. The lowest BCUT2D eigenvalue weighted by atomic mass is 10.1. The van der Waals surface area contributed by atoms with Crippen LogP contribution in [0.1, 0.15) is 29.9 Å². The number of aryl methyl sites for hydroxylation is 1. The summed E-state index contributed by atoms with van der Waals surface area (Å²) in [4.78, 5) is 10.8. The highest BCUT2D eigenvalue weighted by Gasteiger charge is 2.08. The van der Waals surface area contributed by atoms with Crippen molar-refractivity contribution in [2.75, 3.05) is 0 Å². The van der Waals surface area contributed by atoms with Gasteiger partial charge in [0, 0.05) is 0 Å². The van der Waals surface area contributed by atoms with Gasteiger partial charge in [-0.05, 0) is 13.3 Å². The normalized spacial score (nSPS) is 9.80. The molecule has 0 aliphatic heterocycles. The molecule has 1 aromatic heterocycles. The molecule has 0 saturated carbocycles. The molecule has 0 N–H and O–H groups in total. The SMILES string of the molecule is CCc1nocc1C(C)=O. The summed E-state index contributed by atoms with van der Waals surface area (Å²) >= 11 is 0. The molecule has 1 heterocycles. The number of nitrogens with zero attached hydrogens (tertiary/aromatic N) is 1. The number of aromatic nitrogens is 1. The highest BCUT2D eigenvalue weighted by atomic mass is 16.5. The van der Waals surface area contributed by atoms with Gasteiger partial charge in [-0.15, -0.1) is 0 Å². The van der Waals surface area contributed by atoms with Gasteiger partial charge in [-0.3, -0.25) is 4.79 Å². The molecule has 0 aromatic carbocycles. The Morgan fingerprint density at radius 1 is 1.80 bits per heavy atom. The van der Waals surface area contributed by atoms with Crippen molar-refractivity contribution in [2.24, 2.45) is 0 Å². The van der Waals surface area contributed by atoms with E-state index in [-0.39, 0.29) is 5.78 Å². The van der Waals surface area contributed by atoms with Crippen LogP contribution in [0.2, 0.25) is 0 Å². The van der Waals surface area contributed by atoms with Crippen LogP contribution in [0.15, 0.2) is 10.8 Å². The molecule has 0 bridgehead atoms. The Morgan fingerprint density at radius 3 is 2.90 bits per heavy atom. The van der Waals surface area contributed by atoms with E-state index in [1.165, 1.54) is 13.2 Å². The zero-order valence-corrected chi connectivity index (χ0v) is 6.05. The van der Waals surface area contributed by atoms with Crippen molar-refractivity contribution in [3.8, 4) is 0 Å². The second-order valence-corrected chi connectivity index (χ2v) is 2.08. The quantitative estimate of drug-likeness (QED) is 0.582. The van der Waals surface area contributed by atoms with Crippen LogP contribution in [0.5, 0.6) is 0 Å². The number of ketones is 1. The summed E-state index contributed by atoms with van der Waals surface area (Å²) < 4.78 is 4.63. The Labute approximate surface area is 59.0 Å². The second-order valence-electron chi connectivity index (χ2n) is 2.08. The smallest absolute Gasteiger partial charge is 0.164 e. The van der Waals surface area contributed by atoms with E-state index in [0.717, 1.165) is 12.1 Å².